The minimum absolute atomic E-state index is 0.254. The molecule has 0 aromatic heterocycles. The van der Waals surface area contributed by atoms with Crippen molar-refractivity contribution in [2.45, 2.75) is 18.9 Å². The Morgan fingerprint density at radius 3 is 2.58 bits per heavy atom. The van der Waals surface area contributed by atoms with E-state index in [4.69, 9.17) is 5.11 Å². The number of hydrogen-bond donors (Lipinski definition) is 1. The number of benzene rings is 1. The summed E-state index contributed by atoms with van der Waals surface area (Å²) in [5.74, 6) is -8.25. The van der Waals surface area contributed by atoms with Crippen LogP contribution in [0.3, 0.4) is 0 Å². The number of aliphatic hydroxyl groups excluding tert-OH is 1. The Balaban J connectivity index is 2.39. The van der Waals surface area contributed by atoms with Crippen LogP contribution in [0.25, 0.3) is 0 Å². The maximum Gasteiger partial charge on any atom is 0.257 e. The molecule has 1 aliphatic rings. The number of amides is 1. The monoisotopic (exact) mass is 277 g/mol. The van der Waals surface area contributed by atoms with Gasteiger partial charge in [0, 0.05) is 6.54 Å². The maximum absolute atomic E-state index is 13.5. The number of nitrogens with zero attached hydrogens (tertiary/aromatic N) is 1. The molecule has 1 heterocycles. The van der Waals surface area contributed by atoms with E-state index in [1.807, 2.05) is 0 Å². The maximum atomic E-state index is 13.5. The fraction of sp³-hybridized carbons (Fsp3) is 0.417. The minimum Gasteiger partial charge on any atom is -0.394 e. The van der Waals surface area contributed by atoms with Crippen molar-refractivity contribution in [2.75, 3.05) is 13.2 Å². The highest BCUT2D eigenvalue weighted by atomic mass is 19.2. The molecule has 2 rings (SSSR count). The van der Waals surface area contributed by atoms with E-state index in [2.05, 4.69) is 0 Å². The summed E-state index contributed by atoms with van der Waals surface area (Å²) in [6.07, 6.45) is 1.13. The second-order valence-corrected chi connectivity index (χ2v) is 4.33. The van der Waals surface area contributed by atoms with Gasteiger partial charge in [-0.05, 0) is 18.9 Å². The van der Waals surface area contributed by atoms with Crippen molar-refractivity contribution in [3.05, 3.63) is 34.9 Å². The third-order valence-electron chi connectivity index (χ3n) is 3.18. The molecule has 1 aromatic carbocycles. The summed E-state index contributed by atoms with van der Waals surface area (Å²) in [6.45, 7) is -0.0658. The van der Waals surface area contributed by atoms with Gasteiger partial charge < -0.3 is 10.0 Å². The second-order valence-electron chi connectivity index (χ2n) is 4.33. The van der Waals surface area contributed by atoms with Gasteiger partial charge in [-0.15, -0.1) is 0 Å². The third kappa shape index (κ3) is 2.30. The zero-order valence-corrected chi connectivity index (χ0v) is 9.80. The minimum atomic E-state index is -2.01. The molecule has 0 radical (unpaired) electrons. The summed E-state index contributed by atoms with van der Waals surface area (Å²) >= 11 is 0. The molecule has 0 bridgehead atoms. The molecule has 1 aliphatic heterocycles. The lowest BCUT2D eigenvalue weighted by atomic mass is 10.1. The molecule has 0 aliphatic carbocycles. The summed E-state index contributed by atoms with van der Waals surface area (Å²) in [6, 6.07) is -0.175. The lowest BCUT2D eigenvalue weighted by Crippen LogP contribution is -2.38. The van der Waals surface area contributed by atoms with Crippen molar-refractivity contribution in [2.24, 2.45) is 0 Å². The summed E-state index contributed by atoms with van der Waals surface area (Å²) < 4.78 is 52.4. The largest absolute Gasteiger partial charge is 0.394 e. The van der Waals surface area contributed by atoms with Crippen LogP contribution in [0.2, 0.25) is 0 Å². The second kappa shape index (κ2) is 5.16. The van der Waals surface area contributed by atoms with Crippen LogP contribution in [0.4, 0.5) is 17.6 Å². The lowest BCUT2D eigenvalue weighted by molar-refractivity contribution is 0.0670. The number of halogens is 4. The standard InChI is InChI=1S/C12H11F4NO2/c13-8-4-7(9(14)11(16)10(8)15)12(19)17-3-1-2-6(17)5-18/h4,6,18H,1-3,5H2. The summed E-state index contributed by atoms with van der Waals surface area (Å²) in [4.78, 5) is 13.1. The van der Waals surface area contributed by atoms with E-state index in [1.165, 1.54) is 0 Å². The van der Waals surface area contributed by atoms with Crippen LogP contribution in [-0.4, -0.2) is 35.1 Å². The number of aliphatic hydroxyl groups is 1. The van der Waals surface area contributed by atoms with Gasteiger partial charge in [-0.1, -0.05) is 0 Å². The highest BCUT2D eigenvalue weighted by Crippen LogP contribution is 2.24. The first-order chi connectivity index (χ1) is 8.97. The Morgan fingerprint density at radius 1 is 1.26 bits per heavy atom. The smallest absolute Gasteiger partial charge is 0.257 e. The zero-order valence-electron chi connectivity index (χ0n) is 9.80. The Bertz CT molecular complexity index is 521. The Kier molecular flexibility index (Phi) is 3.75. The highest BCUT2D eigenvalue weighted by Gasteiger charge is 2.32. The van der Waals surface area contributed by atoms with Crippen LogP contribution >= 0.6 is 0 Å². The Morgan fingerprint density at radius 2 is 1.95 bits per heavy atom. The van der Waals surface area contributed by atoms with Gasteiger partial charge in [0.25, 0.3) is 5.91 Å². The van der Waals surface area contributed by atoms with Crippen LogP contribution in [0.1, 0.15) is 23.2 Å². The van der Waals surface area contributed by atoms with Gasteiger partial charge in [-0.25, -0.2) is 17.6 Å². The molecule has 1 fully saturated rings. The first-order valence-corrected chi connectivity index (χ1v) is 5.72. The van der Waals surface area contributed by atoms with Crippen LogP contribution in [-0.2, 0) is 0 Å². The molecule has 3 nitrogen and oxygen atoms in total. The molecule has 7 heteroatoms. The molecule has 1 atom stereocenters. The number of likely N-dealkylation sites (tertiary alicyclic amines) is 1. The quantitative estimate of drug-likeness (QED) is 0.509. The fourth-order valence-electron chi connectivity index (χ4n) is 2.18. The molecular weight excluding hydrogens is 266 g/mol. The van der Waals surface area contributed by atoms with E-state index in [-0.39, 0.29) is 13.2 Å². The van der Waals surface area contributed by atoms with Crippen molar-refractivity contribution in [1.82, 2.24) is 4.90 Å². The van der Waals surface area contributed by atoms with Crippen molar-refractivity contribution in [3.8, 4) is 0 Å². The van der Waals surface area contributed by atoms with Gasteiger partial charge in [0.1, 0.15) is 0 Å². The number of carbonyl (C=O) groups is 1. The summed E-state index contributed by atoms with van der Waals surface area (Å²) in [5, 5.41) is 9.06. The Labute approximate surface area is 106 Å². The zero-order chi connectivity index (χ0) is 14.2. The number of carbonyl (C=O) groups excluding carboxylic acids is 1. The van der Waals surface area contributed by atoms with Crippen LogP contribution in [0, 0.1) is 23.3 Å². The van der Waals surface area contributed by atoms with E-state index in [0.29, 0.717) is 18.9 Å². The number of hydrogen-bond acceptors (Lipinski definition) is 2. The van der Waals surface area contributed by atoms with E-state index in [1.54, 1.807) is 0 Å². The summed E-state index contributed by atoms with van der Waals surface area (Å²) in [7, 11) is 0. The fourth-order valence-corrected chi connectivity index (χ4v) is 2.18. The van der Waals surface area contributed by atoms with Gasteiger partial charge in [0.05, 0.1) is 18.2 Å². The molecule has 104 valence electrons. The summed E-state index contributed by atoms with van der Waals surface area (Å²) in [5.41, 5.74) is -0.864. The number of rotatable bonds is 2. The predicted molar refractivity (Wildman–Crippen MR) is 57.4 cm³/mol. The average Bonchev–Trinajstić information content (AvgIpc) is 2.88. The van der Waals surface area contributed by atoms with Gasteiger partial charge >= 0.3 is 0 Å². The third-order valence-corrected chi connectivity index (χ3v) is 3.18. The van der Waals surface area contributed by atoms with Crippen molar-refractivity contribution >= 4 is 5.91 Å². The van der Waals surface area contributed by atoms with Crippen LogP contribution in [0.15, 0.2) is 6.07 Å². The van der Waals surface area contributed by atoms with Gasteiger partial charge in [-0.2, -0.15) is 0 Å². The molecule has 19 heavy (non-hydrogen) atoms. The van der Waals surface area contributed by atoms with Gasteiger partial charge in [0.15, 0.2) is 23.3 Å². The topological polar surface area (TPSA) is 40.5 Å². The molecule has 1 unspecified atom stereocenters. The first kappa shape index (κ1) is 13.8. The SMILES string of the molecule is O=C(c1cc(F)c(F)c(F)c1F)N1CCCC1CO. The highest BCUT2D eigenvalue weighted by molar-refractivity contribution is 5.95. The molecule has 1 N–H and O–H groups in total. The normalized spacial score (nSPS) is 19.0. The van der Waals surface area contributed by atoms with Crippen molar-refractivity contribution in [1.29, 1.82) is 0 Å². The van der Waals surface area contributed by atoms with Crippen molar-refractivity contribution < 1.29 is 27.5 Å². The Hall–Kier alpha value is -1.63. The van der Waals surface area contributed by atoms with Gasteiger partial charge in [-0.3, -0.25) is 4.79 Å². The van der Waals surface area contributed by atoms with Crippen LogP contribution < -0.4 is 0 Å². The van der Waals surface area contributed by atoms with Crippen LogP contribution in [0.5, 0.6) is 0 Å². The van der Waals surface area contributed by atoms with E-state index < -0.39 is 40.8 Å². The van der Waals surface area contributed by atoms with Crippen molar-refractivity contribution in [3.63, 3.8) is 0 Å². The first-order valence-electron chi connectivity index (χ1n) is 5.72. The van der Waals surface area contributed by atoms with E-state index >= 15 is 0 Å². The molecule has 0 spiro atoms. The molecule has 0 saturated carbocycles. The molecule has 1 saturated heterocycles. The predicted octanol–water partition coefficient (Wildman–Crippen LogP) is 1.84. The van der Waals surface area contributed by atoms with E-state index in [0.717, 1.165) is 4.90 Å². The molecular formula is C12H11F4NO2. The lowest BCUT2D eigenvalue weighted by Gasteiger charge is -2.23. The van der Waals surface area contributed by atoms with E-state index in [9.17, 15) is 22.4 Å². The average molecular weight is 277 g/mol. The molecule has 1 amide bonds. The molecule has 1 aromatic rings. The van der Waals surface area contributed by atoms with Gasteiger partial charge in [0.2, 0.25) is 0 Å².